The molecule has 0 saturated heterocycles. The number of rotatable bonds is 7. The second kappa shape index (κ2) is 7.83. The maximum atomic E-state index is 11.3. The molecule has 1 rings (SSSR count). The molecule has 0 saturated carbocycles. The maximum absolute atomic E-state index is 11.3. The summed E-state index contributed by atoms with van der Waals surface area (Å²) in [5.41, 5.74) is 3.50. The summed E-state index contributed by atoms with van der Waals surface area (Å²) < 4.78 is 0. The number of amides is 1. The number of aromatic nitrogens is 1. The van der Waals surface area contributed by atoms with E-state index in [1.807, 2.05) is 6.07 Å². The lowest BCUT2D eigenvalue weighted by molar-refractivity contribution is 0.0953. The van der Waals surface area contributed by atoms with E-state index in [1.165, 1.54) is 0 Å². The first-order chi connectivity index (χ1) is 9.02. The van der Waals surface area contributed by atoms with Gasteiger partial charge in [-0.05, 0) is 52.8 Å². The highest BCUT2D eigenvalue weighted by molar-refractivity contribution is 5.93. The molecular weight excluding hydrogens is 242 g/mol. The third kappa shape index (κ3) is 5.78. The van der Waals surface area contributed by atoms with Crippen LogP contribution in [0.25, 0.3) is 0 Å². The van der Waals surface area contributed by atoms with Crippen molar-refractivity contribution < 1.29 is 4.79 Å². The van der Waals surface area contributed by atoms with Crippen LogP contribution in [0.5, 0.6) is 0 Å². The zero-order chi connectivity index (χ0) is 14.3. The molecule has 6 nitrogen and oxygen atoms in total. The van der Waals surface area contributed by atoms with Crippen molar-refractivity contribution in [3.63, 3.8) is 0 Å². The fourth-order valence-electron chi connectivity index (χ4n) is 1.75. The van der Waals surface area contributed by atoms with Crippen molar-refractivity contribution in [3.05, 3.63) is 29.6 Å². The Morgan fingerprint density at radius 3 is 2.58 bits per heavy atom. The lowest BCUT2D eigenvalue weighted by Crippen LogP contribution is -2.30. The number of hydrazine groups is 1. The van der Waals surface area contributed by atoms with Crippen molar-refractivity contribution in [1.29, 1.82) is 0 Å². The SMILES string of the molecule is CN(C)CCCN(C)Cc1ccc(C(=O)NN)cn1. The fraction of sp³-hybridized carbons (Fsp3) is 0.538. The molecule has 0 aliphatic heterocycles. The third-order valence-electron chi connectivity index (χ3n) is 2.80. The van der Waals surface area contributed by atoms with Crippen LogP contribution in [0.2, 0.25) is 0 Å². The number of hydrogen-bond donors (Lipinski definition) is 2. The lowest BCUT2D eigenvalue weighted by Gasteiger charge is -2.17. The number of pyridine rings is 1. The van der Waals surface area contributed by atoms with E-state index in [1.54, 1.807) is 12.3 Å². The number of nitrogen functional groups attached to an aromatic ring is 1. The van der Waals surface area contributed by atoms with Gasteiger partial charge in [0, 0.05) is 12.7 Å². The zero-order valence-corrected chi connectivity index (χ0v) is 11.9. The summed E-state index contributed by atoms with van der Waals surface area (Å²) in [4.78, 5) is 19.9. The van der Waals surface area contributed by atoms with Crippen LogP contribution >= 0.6 is 0 Å². The normalized spacial score (nSPS) is 11.1. The minimum atomic E-state index is -0.321. The maximum Gasteiger partial charge on any atom is 0.266 e. The highest BCUT2D eigenvalue weighted by Gasteiger charge is 2.05. The number of nitrogens with one attached hydrogen (secondary N) is 1. The van der Waals surface area contributed by atoms with Gasteiger partial charge < -0.3 is 9.80 Å². The van der Waals surface area contributed by atoms with E-state index in [9.17, 15) is 4.79 Å². The van der Waals surface area contributed by atoms with E-state index in [0.717, 1.165) is 31.7 Å². The predicted molar refractivity (Wildman–Crippen MR) is 75.4 cm³/mol. The largest absolute Gasteiger partial charge is 0.309 e. The molecule has 1 heterocycles. The average molecular weight is 265 g/mol. The van der Waals surface area contributed by atoms with Gasteiger partial charge in [-0.2, -0.15) is 0 Å². The summed E-state index contributed by atoms with van der Waals surface area (Å²) in [7, 11) is 6.21. The molecule has 1 aromatic heterocycles. The molecule has 0 radical (unpaired) electrons. The van der Waals surface area contributed by atoms with Crippen LogP contribution in [0, 0.1) is 0 Å². The van der Waals surface area contributed by atoms with Crippen LogP contribution in [0.3, 0.4) is 0 Å². The van der Waals surface area contributed by atoms with E-state index in [0.29, 0.717) is 5.56 Å². The molecule has 3 N–H and O–H groups in total. The summed E-state index contributed by atoms with van der Waals surface area (Å²) in [6.45, 7) is 2.87. The molecule has 0 unspecified atom stereocenters. The number of nitrogens with two attached hydrogens (primary N) is 1. The van der Waals surface area contributed by atoms with Crippen LogP contribution < -0.4 is 11.3 Å². The molecule has 0 aliphatic carbocycles. The van der Waals surface area contributed by atoms with Crippen LogP contribution in [0.1, 0.15) is 22.5 Å². The minimum Gasteiger partial charge on any atom is -0.309 e. The molecule has 19 heavy (non-hydrogen) atoms. The molecular formula is C13H23N5O. The van der Waals surface area contributed by atoms with Gasteiger partial charge in [0.25, 0.3) is 5.91 Å². The third-order valence-corrected chi connectivity index (χ3v) is 2.80. The van der Waals surface area contributed by atoms with Gasteiger partial charge in [0.05, 0.1) is 11.3 Å². The van der Waals surface area contributed by atoms with Gasteiger partial charge in [-0.15, -0.1) is 0 Å². The summed E-state index contributed by atoms with van der Waals surface area (Å²) in [6.07, 6.45) is 2.67. The molecule has 1 amide bonds. The molecule has 106 valence electrons. The van der Waals surface area contributed by atoms with Crippen LogP contribution in [-0.2, 0) is 6.54 Å². The molecule has 0 aliphatic rings. The fourth-order valence-corrected chi connectivity index (χ4v) is 1.75. The van der Waals surface area contributed by atoms with E-state index in [-0.39, 0.29) is 5.91 Å². The smallest absolute Gasteiger partial charge is 0.266 e. The highest BCUT2D eigenvalue weighted by atomic mass is 16.2. The second-order valence-electron chi connectivity index (χ2n) is 4.91. The Bertz CT molecular complexity index is 391. The standard InChI is InChI=1S/C13H23N5O/c1-17(2)7-4-8-18(3)10-12-6-5-11(9-15-12)13(19)16-14/h5-6,9H,4,7-8,10,14H2,1-3H3,(H,16,19). The van der Waals surface area contributed by atoms with Gasteiger partial charge in [-0.25, -0.2) is 5.84 Å². The number of hydrogen-bond acceptors (Lipinski definition) is 5. The molecule has 0 aromatic carbocycles. The van der Waals surface area contributed by atoms with E-state index < -0.39 is 0 Å². The van der Waals surface area contributed by atoms with E-state index >= 15 is 0 Å². The van der Waals surface area contributed by atoms with Crippen molar-refractivity contribution >= 4 is 5.91 Å². The van der Waals surface area contributed by atoms with Gasteiger partial charge in [-0.1, -0.05) is 0 Å². The molecule has 0 spiro atoms. The Morgan fingerprint density at radius 2 is 2.05 bits per heavy atom. The monoisotopic (exact) mass is 265 g/mol. The quantitative estimate of drug-likeness (QED) is 0.414. The van der Waals surface area contributed by atoms with Gasteiger partial charge in [-0.3, -0.25) is 15.2 Å². The first-order valence-corrected chi connectivity index (χ1v) is 6.32. The van der Waals surface area contributed by atoms with Crippen molar-refractivity contribution in [2.75, 3.05) is 34.2 Å². The molecule has 0 atom stereocenters. The number of carbonyl (C=O) groups is 1. The van der Waals surface area contributed by atoms with Crippen molar-refractivity contribution in [2.45, 2.75) is 13.0 Å². The minimum absolute atomic E-state index is 0.321. The Balaban J connectivity index is 2.42. The Morgan fingerprint density at radius 1 is 1.32 bits per heavy atom. The Kier molecular flexibility index (Phi) is 6.41. The summed E-state index contributed by atoms with van der Waals surface area (Å²) >= 11 is 0. The Labute approximate surface area is 114 Å². The van der Waals surface area contributed by atoms with E-state index in [2.05, 4.69) is 41.4 Å². The summed E-state index contributed by atoms with van der Waals surface area (Å²) in [5.74, 6) is 4.74. The highest BCUT2D eigenvalue weighted by Crippen LogP contribution is 2.03. The first-order valence-electron chi connectivity index (χ1n) is 6.32. The zero-order valence-electron chi connectivity index (χ0n) is 11.9. The molecule has 0 bridgehead atoms. The van der Waals surface area contributed by atoms with Crippen LogP contribution in [0.15, 0.2) is 18.3 Å². The van der Waals surface area contributed by atoms with Gasteiger partial charge >= 0.3 is 0 Å². The van der Waals surface area contributed by atoms with Gasteiger partial charge in [0.1, 0.15) is 0 Å². The van der Waals surface area contributed by atoms with Crippen molar-refractivity contribution in [1.82, 2.24) is 20.2 Å². The van der Waals surface area contributed by atoms with Gasteiger partial charge in [0.15, 0.2) is 0 Å². The summed E-state index contributed by atoms with van der Waals surface area (Å²) in [6, 6.07) is 3.59. The second-order valence-corrected chi connectivity index (χ2v) is 4.91. The Hall–Kier alpha value is -1.50. The summed E-state index contributed by atoms with van der Waals surface area (Å²) in [5, 5.41) is 0. The molecule has 1 aromatic rings. The topological polar surface area (TPSA) is 74.5 Å². The van der Waals surface area contributed by atoms with Crippen molar-refractivity contribution in [2.24, 2.45) is 5.84 Å². The number of carbonyl (C=O) groups excluding carboxylic acids is 1. The predicted octanol–water partition coefficient (Wildman–Crippen LogP) is 0.0686. The van der Waals surface area contributed by atoms with E-state index in [4.69, 9.17) is 5.84 Å². The van der Waals surface area contributed by atoms with Crippen LogP contribution in [0.4, 0.5) is 0 Å². The molecule has 6 heteroatoms. The number of nitrogens with zero attached hydrogens (tertiary/aromatic N) is 3. The molecule has 0 fully saturated rings. The lowest BCUT2D eigenvalue weighted by atomic mass is 10.2. The van der Waals surface area contributed by atoms with Crippen LogP contribution in [-0.4, -0.2) is 54.9 Å². The van der Waals surface area contributed by atoms with Crippen molar-refractivity contribution in [3.8, 4) is 0 Å². The first kappa shape index (κ1) is 15.6. The average Bonchev–Trinajstić information content (AvgIpc) is 2.38. The van der Waals surface area contributed by atoms with Gasteiger partial charge in [0.2, 0.25) is 0 Å².